The molecule has 0 spiro atoms. The van der Waals surface area contributed by atoms with Gasteiger partial charge in [0, 0.05) is 12.1 Å². The van der Waals surface area contributed by atoms with Crippen molar-refractivity contribution in [1.29, 1.82) is 0 Å². The molecule has 1 atom stereocenters. The minimum Gasteiger partial charge on any atom is -0.444 e. The van der Waals surface area contributed by atoms with Gasteiger partial charge in [-0.2, -0.15) is 0 Å². The highest BCUT2D eigenvalue weighted by Gasteiger charge is 2.20. The summed E-state index contributed by atoms with van der Waals surface area (Å²) in [6, 6.07) is 0. The Morgan fingerprint density at radius 2 is 2.29 bits per heavy atom. The molecular weight excluding hydrogens is 182 g/mol. The van der Waals surface area contributed by atoms with Gasteiger partial charge in [0.15, 0.2) is 0 Å². The molecule has 1 aliphatic carbocycles. The third-order valence-corrected chi connectivity index (χ3v) is 1.75. The molecule has 0 heterocycles. The monoisotopic (exact) mass is 199 g/mol. The molecule has 0 saturated carbocycles. The second-order valence-electron chi connectivity index (χ2n) is 4.45. The lowest BCUT2D eigenvalue weighted by Gasteiger charge is -2.19. The molecule has 0 unspecified atom stereocenters. The number of aliphatic hydroxyl groups excluding tert-OH is 1. The van der Waals surface area contributed by atoms with Crippen LogP contribution in [0, 0.1) is 0 Å². The maximum atomic E-state index is 11.3. The summed E-state index contributed by atoms with van der Waals surface area (Å²) in [6.45, 7) is 5.43. The number of alkyl carbamates (subject to hydrolysis) is 1. The van der Waals surface area contributed by atoms with E-state index in [0.29, 0.717) is 12.8 Å². The summed E-state index contributed by atoms with van der Waals surface area (Å²) < 4.78 is 5.06. The summed E-state index contributed by atoms with van der Waals surface area (Å²) >= 11 is 0. The molecule has 4 heteroatoms. The van der Waals surface area contributed by atoms with Gasteiger partial charge in [0.25, 0.3) is 0 Å². The van der Waals surface area contributed by atoms with Crippen molar-refractivity contribution in [2.24, 2.45) is 0 Å². The number of ether oxygens (including phenoxy) is 1. The van der Waals surface area contributed by atoms with Gasteiger partial charge in [0.1, 0.15) is 5.60 Å². The number of aliphatic hydroxyl groups is 1. The van der Waals surface area contributed by atoms with Gasteiger partial charge in [-0.05, 0) is 27.2 Å². The number of carbonyl (C=O) groups excluding carboxylic acids is 1. The number of carbonyl (C=O) groups is 1. The Kier molecular flexibility index (Phi) is 3.16. The van der Waals surface area contributed by atoms with Crippen LogP contribution in [0.5, 0.6) is 0 Å². The van der Waals surface area contributed by atoms with Crippen LogP contribution in [0.25, 0.3) is 0 Å². The fourth-order valence-electron chi connectivity index (χ4n) is 1.24. The van der Waals surface area contributed by atoms with E-state index in [9.17, 15) is 9.90 Å². The molecule has 0 aliphatic heterocycles. The highest BCUT2D eigenvalue weighted by atomic mass is 16.6. The van der Waals surface area contributed by atoms with E-state index in [1.54, 1.807) is 0 Å². The first-order chi connectivity index (χ1) is 6.37. The molecule has 0 radical (unpaired) electrons. The molecule has 1 rings (SSSR count). The van der Waals surface area contributed by atoms with Crippen LogP contribution in [0.4, 0.5) is 4.79 Å². The number of nitrogens with one attached hydrogen (secondary N) is 1. The molecule has 4 nitrogen and oxygen atoms in total. The van der Waals surface area contributed by atoms with Gasteiger partial charge >= 0.3 is 6.09 Å². The fraction of sp³-hybridized carbons (Fsp3) is 0.700. The Labute approximate surface area is 83.9 Å². The predicted molar refractivity (Wildman–Crippen MR) is 52.7 cm³/mol. The minimum absolute atomic E-state index is 0.361. The second-order valence-corrected chi connectivity index (χ2v) is 4.45. The van der Waals surface area contributed by atoms with Crippen LogP contribution < -0.4 is 5.32 Å². The van der Waals surface area contributed by atoms with Gasteiger partial charge in [-0.15, -0.1) is 0 Å². The molecule has 0 saturated heterocycles. The van der Waals surface area contributed by atoms with Crippen LogP contribution in [0.3, 0.4) is 0 Å². The summed E-state index contributed by atoms with van der Waals surface area (Å²) in [6.07, 6.45) is 2.09. The summed E-state index contributed by atoms with van der Waals surface area (Å²) in [5.41, 5.74) is 0.258. The van der Waals surface area contributed by atoms with E-state index >= 15 is 0 Å². The topological polar surface area (TPSA) is 58.6 Å². The van der Waals surface area contributed by atoms with E-state index in [1.165, 1.54) is 0 Å². The van der Waals surface area contributed by atoms with E-state index < -0.39 is 11.7 Å². The third kappa shape index (κ3) is 3.79. The third-order valence-electron chi connectivity index (χ3n) is 1.75. The standard InChI is InChI=1S/C10H17NO3/c1-10(2,3)14-9(13)11-7-4-5-8(12)6-7/h4,8,12H,5-6H2,1-3H3,(H,11,13)/t8-/m0/s1. The summed E-state index contributed by atoms with van der Waals surface area (Å²) in [5.74, 6) is 0. The highest BCUT2D eigenvalue weighted by molar-refractivity contribution is 5.70. The number of rotatable bonds is 1. The Morgan fingerprint density at radius 1 is 1.64 bits per heavy atom. The van der Waals surface area contributed by atoms with Crippen LogP contribution in [0.1, 0.15) is 33.6 Å². The maximum Gasteiger partial charge on any atom is 0.411 e. The van der Waals surface area contributed by atoms with Crippen molar-refractivity contribution in [3.63, 3.8) is 0 Å². The number of hydrogen-bond acceptors (Lipinski definition) is 3. The van der Waals surface area contributed by atoms with Crippen molar-refractivity contribution < 1.29 is 14.6 Å². The van der Waals surface area contributed by atoms with E-state index in [4.69, 9.17) is 4.74 Å². The first-order valence-corrected chi connectivity index (χ1v) is 4.74. The molecule has 14 heavy (non-hydrogen) atoms. The van der Waals surface area contributed by atoms with Gasteiger partial charge in [0.2, 0.25) is 0 Å². The molecule has 2 N–H and O–H groups in total. The van der Waals surface area contributed by atoms with E-state index in [2.05, 4.69) is 5.32 Å². The number of amides is 1. The molecule has 80 valence electrons. The Balaban J connectivity index is 2.35. The minimum atomic E-state index is -0.484. The average molecular weight is 199 g/mol. The normalized spacial score (nSPS) is 21.7. The Bertz CT molecular complexity index is 253. The molecule has 0 aromatic rings. The fourth-order valence-corrected chi connectivity index (χ4v) is 1.24. The van der Waals surface area contributed by atoms with Gasteiger partial charge in [-0.1, -0.05) is 6.08 Å². The lowest BCUT2D eigenvalue weighted by molar-refractivity contribution is 0.0543. The van der Waals surface area contributed by atoms with Crippen LogP contribution in [0.15, 0.2) is 11.8 Å². The Morgan fingerprint density at radius 3 is 2.71 bits per heavy atom. The van der Waals surface area contributed by atoms with Crippen molar-refractivity contribution >= 4 is 6.09 Å². The van der Waals surface area contributed by atoms with E-state index in [1.807, 2.05) is 26.8 Å². The predicted octanol–water partition coefficient (Wildman–Crippen LogP) is 1.55. The molecule has 1 amide bonds. The number of hydrogen-bond donors (Lipinski definition) is 2. The highest BCUT2D eigenvalue weighted by Crippen LogP contribution is 2.16. The zero-order chi connectivity index (χ0) is 10.8. The average Bonchev–Trinajstić information content (AvgIpc) is 2.30. The molecule has 1 aliphatic rings. The molecule has 0 bridgehead atoms. The largest absolute Gasteiger partial charge is 0.444 e. The molecular formula is C10H17NO3. The van der Waals surface area contributed by atoms with Crippen molar-refractivity contribution in [3.8, 4) is 0 Å². The SMILES string of the molecule is CC(C)(C)OC(=O)NC1=CC[C@H](O)C1. The van der Waals surface area contributed by atoms with Crippen molar-refractivity contribution in [2.75, 3.05) is 0 Å². The van der Waals surface area contributed by atoms with Crippen LogP contribution in [-0.2, 0) is 4.74 Å². The van der Waals surface area contributed by atoms with E-state index in [0.717, 1.165) is 5.70 Å². The molecule has 0 fully saturated rings. The summed E-state index contributed by atoms with van der Waals surface area (Å²) in [7, 11) is 0. The van der Waals surface area contributed by atoms with Crippen molar-refractivity contribution in [1.82, 2.24) is 5.32 Å². The van der Waals surface area contributed by atoms with Gasteiger partial charge < -0.3 is 9.84 Å². The van der Waals surface area contributed by atoms with Gasteiger partial charge in [-0.3, -0.25) is 5.32 Å². The van der Waals surface area contributed by atoms with Crippen molar-refractivity contribution in [3.05, 3.63) is 11.8 Å². The first kappa shape index (κ1) is 11.0. The maximum absolute atomic E-state index is 11.3. The first-order valence-electron chi connectivity index (χ1n) is 4.74. The van der Waals surface area contributed by atoms with Crippen molar-refractivity contribution in [2.45, 2.75) is 45.3 Å². The van der Waals surface area contributed by atoms with Gasteiger partial charge in [0.05, 0.1) is 6.10 Å². The second kappa shape index (κ2) is 4.00. The quantitative estimate of drug-likeness (QED) is 0.673. The van der Waals surface area contributed by atoms with E-state index in [-0.39, 0.29) is 6.10 Å². The van der Waals surface area contributed by atoms with Crippen LogP contribution in [-0.4, -0.2) is 22.9 Å². The smallest absolute Gasteiger partial charge is 0.411 e. The van der Waals surface area contributed by atoms with Gasteiger partial charge in [-0.25, -0.2) is 4.79 Å². The lowest BCUT2D eigenvalue weighted by Crippen LogP contribution is -2.32. The van der Waals surface area contributed by atoms with Crippen LogP contribution >= 0.6 is 0 Å². The summed E-state index contributed by atoms with van der Waals surface area (Å²) in [4.78, 5) is 11.3. The van der Waals surface area contributed by atoms with Crippen LogP contribution in [0.2, 0.25) is 0 Å². The zero-order valence-electron chi connectivity index (χ0n) is 8.83. The molecule has 0 aromatic carbocycles. The zero-order valence-corrected chi connectivity index (χ0v) is 8.83. The Hall–Kier alpha value is -1.03. The molecule has 0 aromatic heterocycles. The summed E-state index contributed by atoms with van der Waals surface area (Å²) in [5, 5.41) is 11.8. The lowest BCUT2D eigenvalue weighted by atomic mass is 10.2.